The van der Waals surface area contributed by atoms with Crippen LogP contribution in [0.5, 0.6) is 0 Å². The second kappa shape index (κ2) is 9.41. The molecule has 1 saturated carbocycles. The summed E-state index contributed by atoms with van der Waals surface area (Å²) in [5.74, 6) is -7.30. The molecule has 2 aliphatic carbocycles. The standard InChI is InChI=1S/C29H29F4NO2/c1-17-12-27(31)23(14-26(17)30)24-15-29(32,33)25-13-21(36)6-7-22(25)28(24)19-2-4-20(5-3-19)34-10-8-18(16-35)9-11-34/h2-7,12,14,16,18,24-25,28,36H,8-11,13,15H2,1H3/t24-,25?,28-/m0/s1. The van der Waals surface area contributed by atoms with Gasteiger partial charge in [0, 0.05) is 49.4 Å². The highest BCUT2D eigenvalue weighted by atomic mass is 19.3. The molecule has 2 aromatic rings. The van der Waals surface area contributed by atoms with Crippen LogP contribution in [-0.4, -0.2) is 30.4 Å². The maximum atomic E-state index is 15.4. The Morgan fingerprint density at radius 3 is 2.39 bits per heavy atom. The normalized spacial score (nSPS) is 26.1. The molecule has 0 bridgehead atoms. The highest BCUT2D eigenvalue weighted by Gasteiger charge is 2.53. The Morgan fingerprint density at radius 1 is 1.03 bits per heavy atom. The van der Waals surface area contributed by atoms with Crippen LogP contribution in [0.1, 0.15) is 54.2 Å². The third kappa shape index (κ3) is 4.44. The van der Waals surface area contributed by atoms with Crippen LogP contribution in [0.4, 0.5) is 23.2 Å². The first kappa shape index (κ1) is 24.6. The van der Waals surface area contributed by atoms with Crippen molar-refractivity contribution in [2.75, 3.05) is 18.0 Å². The van der Waals surface area contributed by atoms with Gasteiger partial charge in [-0.15, -0.1) is 0 Å². The van der Waals surface area contributed by atoms with E-state index in [1.165, 1.54) is 19.1 Å². The number of aliphatic hydroxyl groups is 1. The van der Waals surface area contributed by atoms with Crippen molar-refractivity contribution in [1.82, 2.24) is 0 Å². The SMILES string of the molecule is Cc1cc(F)c([C@@H]2CC(F)(F)C3CC(O)=CC=C3[C@@H]2c2ccc(N3CCC(C=O)CC3)cc2)cc1F. The number of aldehydes is 1. The number of benzene rings is 2. The van der Waals surface area contributed by atoms with Crippen molar-refractivity contribution < 1.29 is 27.5 Å². The molecule has 7 heteroatoms. The van der Waals surface area contributed by atoms with Crippen LogP contribution in [0.2, 0.25) is 0 Å². The van der Waals surface area contributed by atoms with Crippen LogP contribution in [0, 0.1) is 30.4 Å². The fourth-order valence-electron chi connectivity index (χ4n) is 6.05. The second-order valence-corrected chi connectivity index (χ2v) is 10.3. The molecule has 3 aliphatic rings. The van der Waals surface area contributed by atoms with E-state index >= 15 is 13.2 Å². The number of fused-ring (bicyclic) bond motifs is 1. The van der Waals surface area contributed by atoms with Crippen molar-refractivity contribution in [3.8, 4) is 0 Å². The van der Waals surface area contributed by atoms with Gasteiger partial charge in [-0.3, -0.25) is 0 Å². The van der Waals surface area contributed by atoms with Crippen LogP contribution in [0.15, 0.2) is 59.9 Å². The Morgan fingerprint density at radius 2 is 1.72 bits per heavy atom. The third-order valence-corrected chi connectivity index (χ3v) is 8.07. The maximum absolute atomic E-state index is 15.4. The summed E-state index contributed by atoms with van der Waals surface area (Å²) >= 11 is 0. The van der Waals surface area contributed by atoms with Gasteiger partial charge in [-0.25, -0.2) is 17.6 Å². The van der Waals surface area contributed by atoms with E-state index in [0.717, 1.165) is 55.6 Å². The molecular weight excluding hydrogens is 470 g/mol. The Hall–Kier alpha value is -3.09. The topological polar surface area (TPSA) is 40.5 Å². The molecule has 0 radical (unpaired) electrons. The zero-order chi connectivity index (χ0) is 25.6. The van der Waals surface area contributed by atoms with Crippen molar-refractivity contribution in [2.24, 2.45) is 11.8 Å². The van der Waals surface area contributed by atoms with Crippen molar-refractivity contribution >= 4 is 12.0 Å². The molecule has 190 valence electrons. The average molecular weight is 500 g/mol. The number of nitrogens with zero attached hydrogens (tertiary/aromatic N) is 1. The molecule has 1 unspecified atom stereocenters. The molecule has 3 atom stereocenters. The molecule has 1 heterocycles. The Bertz CT molecular complexity index is 1210. The monoisotopic (exact) mass is 499 g/mol. The number of carbonyl (C=O) groups is 1. The average Bonchev–Trinajstić information content (AvgIpc) is 2.86. The molecule has 2 aromatic carbocycles. The van der Waals surface area contributed by atoms with Gasteiger partial charge in [-0.2, -0.15) is 0 Å². The predicted octanol–water partition coefficient (Wildman–Crippen LogP) is 6.98. The highest BCUT2D eigenvalue weighted by molar-refractivity contribution is 5.56. The Balaban J connectivity index is 1.55. The number of anilines is 1. The molecule has 5 rings (SSSR count). The first-order valence-corrected chi connectivity index (χ1v) is 12.4. The summed E-state index contributed by atoms with van der Waals surface area (Å²) in [4.78, 5) is 13.3. The van der Waals surface area contributed by atoms with Gasteiger partial charge < -0.3 is 14.8 Å². The van der Waals surface area contributed by atoms with E-state index in [1.54, 1.807) is 0 Å². The Labute approximate surface area is 208 Å². The molecule has 0 aromatic heterocycles. The summed E-state index contributed by atoms with van der Waals surface area (Å²) in [5, 5.41) is 9.99. The van der Waals surface area contributed by atoms with Crippen LogP contribution < -0.4 is 4.90 Å². The van der Waals surface area contributed by atoms with Gasteiger partial charge >= 0.3 is 0 Å². The van der Waals surface area contributed by atoms with Crippen molar-refractivity contribution in [3.63, 3.8) is 0 Å². The second-order valence-electron chi connectivity index (χ2n) is 10.3. The Kier molecular flexibility index (Phi) is 6.43. The summed E-state index contributed by atoms with van der Waals surface area (Å²) < 4.78 is 60.4. The van der Waals surface area contributed by atoms with Gasteiger partial charge in [-0.1, -0.05) is 23.8 Å². The van der Waals surface area contributed by atoms with Crippen LogP contribution >= 0.6 is 0 Å². The number of aliphatic hydroxyl groups excluding tert-OH is 1. The minimum atomic E-state index is -3.19. The lowest BCUT2D eigenvalue weighted by atomic mass is 9.62. The number of halogens is 4. The fourth-order valence-corrected chi connectivity index (χ4v) is 6.05. The smallest absolute Gasteiger partial charge is 0.255 e. The fraction of sp³-hybridized carbons (Fsp3) is 0.414. The van der Waals surface area contributed by atoms with Gasteiger partial charge in [0.15, 0.2) is 0 Å². The van der Waals surface area contributed by atoms with E-state index in [-0.39, 0.29) is 29.2 Å². The molecule has 3 nitrogen and oxygen atoms in total. The largest absolute Gasteiger partial charge is 0.512 e. The third-order valence-electron chi connectivity index (χ3n) is 8.07. The lowest BCUT2D eigenvalue weighted by molar-refractivity contribution is -0.111. The van der Waals surface area contributed by atoms with Crippen molar-refractivity contribution in [3.05, 3.63) is 88.2 Å². The van der Waals surface area contributed by atoms with Crippen LogP contribution in [-0.2, 0) is 4.79 Å². The number of piperidine rings is 1. The first-order chi connectivity index (χ1) is 17.2. The minimum Gasteiger partial charge on any atom is -0.512 e. The molecular formula is C29H29F4NO2. The zero-order valence-corrected chi connectivity index (χ0v) is 20.1. The van der Waals surface area contributed by atoms with Gasteiger partial charge in [0.1, 0.15) is 17.9 Å². The lowest BCUT2D eigenvalue weighted by Gasteiger charge is -2.45. The molecule has 1 N–H and O–H groups in total. The van der Waals surface area contributed by atoms with E-state index in [4.69, 9.17) is 0 Å². The molecule has 0 amide bonds. The molecule has 2 fully saturated rings. The zero-order valence-electron chi connectivity index (χ0n) is 20.1. The summed E-state index contributed by atoms with van der Waals surface area (Å²) in [7, 11) is 0. The van der Waals surface area contributed by atoms with Gasteiger partial charge in [-0.05, 0) is 66.8 Å². The number of allylic oxidation sites excluding steroid dienone is 4. The van der Waals surface area contributed by atoms with Gasteiger partial charge in [0.05, 0.1) is 11.7 Å². The summed E-state index contributed by atoms with van der Waals surface area (Å²) in [5.41, 5.74) is 2.21. The van der Waals surface area contributed by atoms with E-state index in [9.17, 15) is 14.3 Å². The maximum Gasteiger partial charge on any atom is 0.255 e. The minimum absolute atomic E-state index is 0.0547. The molecule has 0 spiro atoms. The number of hydrogen-bond donors (Lipinski definition) is 1. The van der Waals surface area contributed by atoms with E-state index in [2.05, 4.69) is 4.90 Å². The van der Waals surface area contributed by atoms with E-state index < -0.39 is 41.7 Å². The first-order valence-electron chi connectivity index (χ1n) is 12.4. The van der Waals surface area contributed by atoms with Crippen molar-refractivity contribution in [2.45, 2.75) is 50.4 Å². The van der Waals surface area contributed by atoms with Crippen LogP contribution in [0.25, 0.3) is 0 Å². The summed E-state index contributed by atoms with van der Waals surface area (Å²) in [6.45, 7) is 2.96. The van der Waals surface area contributed by atoms with E-state index in [0.29, 0.717) is 5.57 Å². The highest BCUT2D eigenvalue weighted by Crippen LogP contribution is 2.58. The molecule has 36 heavy (non-hydrogen) atoms. The van der Waals surface area contributed by atoms with Gasteiger partial charge in [0.25, 0.3) is 5.92 Å². The summed E-state index contributed by atoms with van der Waals surface area (Å²) in [6.07, 6.45) is 4.70. The number of alkyl halides is 2. The van der Waals surface area contributed by atoms with E-state index in [1.807, 2.05) is 24.3 Å². The van der Waals surface area contributed by atoms with Crippen molar-refractivity contribution in [1.29, 1.82) is 0 Å². The quantitative estimate of drug-likeness (QED) is 0.364. The van der Waals surface area contributed by atoms with Gasteiger partial charge in [0.2, 0.25) is 0 Å². The number of hydrogen-bond acceptors (Lipinski definition) is 3. The van der Waals surface area contributed by atoms with Crippen LogP contribution in [0.3, 0.4) is 0 Å². The summed E-state index contributed by atoms with van der Waals surface area (Å²) in [6, 6.07) is 9.73. The molecule has 1 aliphatic heterocycles. The number of carbonyl (C=O) groups excluding carboxylic acids is 1. The number of rotatable bonds is 4. The predicted molar refractivity (Wildman–Crippen MR) is 130 cm³/mol. The molecule has 1 saturated heterocycles. The lowest BCUT2D eigenvalue weighted by Crippen LogP contribution is -2.42. The number of aryl methyl sites for hydroxylation is 1.